The zero-order chi connectivity index (χ0) is 64.9. The number of nitrogens with two attached hydrogens (primary N) is 3. The van der Waals surface area contributed by atoms with E-state index in [0.29, 0.717) is 34.1 Å². The number of likely N-dealkylation sites (tertiary alicyclic amines) is 1. The first-order valence-corrected chi connectivity index (χ1v) is 29.6. The van der Waals surface area contributed by atoms with E-state index in [1.54, 1.807) is 58.2 Å². The number of aromatic amines is 2. The van der Waals surface area contributed by atoms with E-state index in [1.165, 1.54) is 41.7 Å². The number of aliphatic hydroxyl groups excluding tert-OH is 1. The molecule has 6 rings (SSSR count). The van der Waals surface area contributed by atoms with Crippen molar-refractivity contribution in [3.63, 3.8) is 0 Å². The Kier molecular flexibility index (Phi) is 25.4. The Morgan fingerprint density at radius 2 is 1.26 bits per heavy atom. The summed E-state index contributed by atoms with van der Waals surface area (Å²) >= 11 is 0. The number of aliphatic hydroxyl groups is 1. The monoisotopic (exact) mass is 1240 g/mol. The topological polar surface area (TPSA) is 475 Å². The smallest absolute Gasteiger partial charge is 0.245 e. The van der Waals surface area contributed by atoms with Gasteiger partial charge in [0.05, 0.1) is 19.5 Å². The highest BCUT2D eigenvalue weighted by molar-refractivity contribution is 6.00. The number of hydrogen-bond donors (Lipinski definition) is 16. The number of benzene rings is 2. The lowest BCUT2D eigenvalue weighted by Crippen LogP contribution is -2.61. The van der Waals surface area contributed by atoms with Gasteiger partial charge in [-0.3, -0.25) is 57.7 Å². The minimum Gasteiger partial charge on any atom is -0.508 e. The number of aliphatic imine (C=N–C) groups is 1. The molecule has 30 nitrogen and oxygen atoms in total. The highest BCUT2D eigenvalue weighted by atomic mass is 16.3. The third-order valence-electron chi connectivity index (χ3n) is 15.0. The minimum atomic E-state index is -1.77. The first-order valence-electron chi connectivity index (χ1n) is 29.6. The number of phenolic OH excluding ortho intramolecular Hbond substituents is 1. The maximum atomic E-state index is 14.7. The Balaban J connectivity index is 1.22. The summed E-state index contributed by atoms with van der Waals surface area (Å²) in [5.74, 6) is -9.03. The number of guanidine groups is 1. The maximum Gasteiger partial charge on any atom is 0.245 e. The number of amides is 11. The molecular weight excluding hydrogens is 1150 g/mol. The number of nitrogens with one attached hydrogen (secondary N) is 11. The number of fused-ring (bicyclic) bond motifs is 1. The molecule has 2 fully saturated rings. The van der Waals surface area contributed by atoms with E-state index in [9.17, 15) is 63.0 Å². The fourth-order valence-corrected chi connectivity index (χ4v) is 10.5. The zero-order valence-electron chi connectivity index (χ0n) is 50.3. The van der Waals surface area contributed by atoms with Crippen molar-refractivity contribution in [1.29, 1.82) is 0 Å². The number of hydrogen-bond acceptors (Lipinski definition) is 15. The van der Waals surface area contributed by atoms with E-state index in [0.717, 1.165) is 0 Å². The predicted molar refractivity (Wildman–Crippen MR) is 324 cm³/mol. The van der Waals surface area contributed by atoms with Crippen LogP contribution in [0.1, 0.15) is 95.9 Å². The Morgan fingerprint density at radius 1 is 0.685 bits per heavy atom. The first kappa shape index (κ1) is 68.5. The van der Waals surface area contributed by atoms with Crippen molar-refractivity contribution in [2.24, 2.45) is 34.0 Å². The van der Waals surface area contributed by atoms with Crippen LogP contribution in [0.15, 0.2) is 72.2 Å². The summed E-state index contributed by atoms with van der Waals surface area (Å²) in [6.07, 6.45) is 5.24. The van der Waals surface area contributed by atoms with Crippen molar-refractivity contribution in [3.8, 4) is 5.75 Å². The molecule has 4 heterocycles. The van der Waals surface area contributed by atoms with Crippen molar-refractivity contribution < 1.29 is 63.0 Å². The number of carbonyl (C=O) groups excluding carboxylic acids is 11. The number of imidazole rings is 1. The van der Waals surface area contributed by atoms with Crippen LogP contribution in [0.3, 0.4) is 0 Å². The van der Waals surface area contributed by atoms with Gasteiger partial charge < -0.3 is 90.1 Å². The van der Waals surface area contributed by atoms with Gasteiger partial charge in [0, 0.05) is 67.8 Å². The number of primary amides is 1. The second-order valence-electron chi connectivity index (χ2n) is 23.1. The largest absolute Gasteiger partial charge is 0.508 e. The molecule has 2 aromatic heterocycles. The molecule has 89 heavy (non-hydrogen) atoms. The van der Waals surface area contributed by atoms with Crippen LogP contribution in [-0.4, -0.2) is 182 Å². The molecule has 9 atom stereocenters. The van der Waals surface area contributed by atoms with Crippen LogP contribution in [-0.2, 0) is 72.0 Å². The summed E-state index contributed by atoms with van der Waals surface area (Å²) in [6, 6.07) is 1.01. The number of aromatic hydroxyl groups is 1. The van der Waals surface area contributed by atoms with Gasteiger partial charge in [-0.25, -0.2) is 4.98 Å². The molecule has 0 saturated carbocycles. The van der Waals surface area contributed by atoms with Gasteiger partial charge in [0.25, 0.3) is 0 Å². The van der Waals surface area contributed by atoms with Crippen molar-refractivity contribution in [2.75, 3.05) is 26.2 Å². The van der Waals surface area contributed by atoms with Crippen molar-refractivity contribution in [2.45, 2.75) is 153 Å². The predicted octanol–water partition coefficient (Wildman–Crippen LogP) is -2.97. The number of carbonyl (C=O) groups is 11. The van der Waals surface area contributed by atoms with Crippen LogP contribution in [0.4, 0.5) is 0 Å². The minimum absolute atomic E-state index is 0.00989. The van der Waals surface area contributed by atoms with Gasteiger partial charge in [-0.1, -0.05) is 58.0 Å². The molecule has 482 valence electrons. The summed E-state index contributed by atoms with van der Waals surface area (Å²) in [5, 5.41) is 45.4. The maximum absolute atomic E-state index is 14.7. The number of rotatable bonds is 33. The van der Waals surface area contributed by atoms with Crippen LogP contribution >= 0.6 is 0 Å². The summed E-state index contributed by atoms with van der Waals surface area (Å²) < 4.78 is 0. The van der Waals surface area contributed by atoms with Crippen LogP contribution in [0.5, 0.6) is 5.75 Å². The molecule has 4 aromatic rings. The van der Waals surface area contributed by atoms with Crippen LogP contribution in [0.25, 0.3) is 10.9 Å². The van der Waals surface area contributed by atoms with Crippen LogP contribution < -0.4 is 65.1 Å². The lowest BCUT2D eigenvalue weighted by Gasteiger charge is -2.31. The van der Waals surface area contributed by atoms with Crippen molar-refractivity contribution >= 4 is 81.8 Å². The average Bonchev–Trinajstić information content (AvgIpc) is 3.52. The molecule has 0 spiro atoms. The van der Waals surface area contributed by atoms with Crippen molar-refractivity contribution in [1.82, 2.24) is 67.7 Å². The van der Waals surface area contributed by atoms with Gasteiger partial charge >= 0.3 is 0 Å². The number of aromatic nitrogens is 3. The molecule has 0 bridgehead atoms. The number of para-hydroxylation sites is 1. The Bertz CT molecular complexity index is 3160. The Labute approximate surface area is 513 Å². The molecule has 2 aliphatic heterocycles. The zero-order valence-corrected chi connectivity index (χ0v) is 50.3. The lowest BCUT2D eigenvalue weighted by molar-refractivity contribution is -0.142. The number of phenols is 1. The van der Waals surface area contributed by atoms with Crippen LogP contribution in [0.2, 0.25) is 0 Å². The normalized spacial score (nSPS) is 17.0. The second-order valence-corrected chi connectivity index (χ2v) is 23.1. The standard InChI is InChI=1S/C59H83N17O13/c1-31(2)21-41(51(82)69-40(11-7-19-64-59(61)62)58(89)76-20-8-12-47(76)57(88)66-28-48(60)79)70-52(83)42(22-32(3)4)71-53(84)43(23-33-13-15-36(78)16-14-33)72-56(87)46(29-77)75-54(85)44(24-34-26-65-38-10-6-5-9-37(34)38)73-55(86)45(25-35-27-63-30-67-35)74-50(81)39-17-18-49(80)68-39/h5-6,9-10,13-16,26-27,30-32,39-47,65,77-78H,7-8,11-12,17-25,28-29H2,1-4H3,(H2,60,79)(H,63,67)(H,66,88)(H,68,80)(H,69,82)(H,70,83)(H,71,84)(H,72,87)(H,73,86)(H,74,81)(H,75,85)(H4,61,62,64). The molecule has 0 aliphatic carbocycles. The molecule has 2 aliphatic rings. The third kappa shape index (κ3) is 20.8. The molecule has 2 aromatic carbocycles. The summed E-state index contributed by atoms with van der Waals surface area (Å²) in [4.78, 5) is 167. The van der Waals surface area contributed by atoms with E-state index in [4.69, 9.17) is 17.2 Å². The molecule has 19 N–H and O–H groups in total. The highest BCUT2D eigenvalue weighted by Crippen LogP contribution is 2.22. The van der Waals surface area contributed by atoms with Gasteiger partial charge in [0.1, 0.15) is 60.1 Å². The van der Waals surface area contributed by atoms with Crippen molar-refractivity contribution in [3.05, 3.63) is 84.1 Å². The molecule has 9 unspecified atom stereocenters. The lowest BCUT2D eigenvalue weighted by atomic mass is 9.98. The fraction of sp³-hybridized carbons (Fsp3) is 0.508. The van der Waals surface area contributed by atoms with Crippen LogP contribution in [0, 0.1) is 11.8 Å². The Morgan fingerprint density at radius 3 is 1.83 bits per heavy atom. The SMILES string of the molecule is CC(C)CC(NC(=O)C(Cc1ccc(O)cc1)NC(=O)C(CO)NC(=O)C(Cc1c[nH]c2ccccc12)NC(=O)C(Cc1cnc[nH]1)NC(=O)C1CCC(=O)N1)C(=O)NC(CC(C)C)C(=O)NC(CCCN=C(N)N)C(=O)N1CCCC1C(=O)NCC(N)=O. The first-order chi connectivity index (χ1) is 42.4. The number of H-pyrrole nitrogens is 2. The number of nitrogens with zero attached hydrogens (tertiary/aromatic N) is 3. The third-order valence-corrected chi connectivity index (χ3v) is 15.0. The summed E-state index contributed by atoms with van der Waals surface area (Å²) in [5.41, 5.74) is 18.5. The van der Waals surface area contributed by atoms with Gasteiger partial charge in [-0.2, -0.15) is 0 Å². The summed E-state index contributed by atoms with van der Waals surface area (Å²) in [7, 11) is 0. The average molecular weight is 1240 g/mol. The second kappa shape index (κ2) is 32.9. The van der Waals surface area contributed by atoms with E-state index >= 15 is 0 Å². The quantitative estimate of drug-likeness (QED) is 0.0129. The molecule has 0 radical (unpaired) electrons. The van der Waals surface area contributed by atoms with Gasteiger partial charge in [0.15, 0.2) is 5.96 Å². The molecular formula is C59H83N17O13. The van der Waals surface area contributed by atoms with E-state index in [2.05, 4.69) is 67.8 Å². The Hall–Kier alpha value is -9.61. The van der Waals surface area contributed by atoms with E-state index in [-0.39, 0.29) is 107 Å². The molecule has 30 heteroatoms. The molecule has 11 amide bonds. The molecule has 2 saturated heterocycles. The highest BCUT2D eigenvalue weighted by Gasteiger charge is 2.40. The van der Waals surface area contributed by atoms with Gasteiger partial charge in [-0.15, -0.1) is 0 Å². The van der Waals surface area contributed by atoms with E-state index in [1.807, 2.05) is 0 Å². The summed E-state index contributed by atoms with van der Waals surface area (Å²) in [6.45, 7) is 5.96. The van der Waals surface area contributed by atoms with E-state index < -0.39 is 127 Å². The van der Waals surface area contributed by atoms with Gasteiger partial charge in [0.2, 0.25) is 65.0 Å². The fourth-order valence-electron chi connectivity index (χ4n) is 10.5. The van der Waals surface area contributed by atoms with Gasteiger partial charge in [-0.05, 0) is 86.1 Å².